The van der Waals surface area contributed by atoms with E-state index in [1.807, 2.05) is 30.3 Å². The minimum atomic E-state index is -0.628. The Kier molecular flexibility index (Phi) is 11.4. The highest BCUT2D eigenvalue weighted by Gasteiger charge is 2.27. The third-order valence-corrected chi connectivity index (χ3v) is 5.54. The van der Waals surface area contributed by atoms with Crippen molar-refractivity contribution in [1.29, 1.82) is 0 Å². The molecule has 0 unspecified atom stereocenters. The second-order valence-electron chi connectivity index (χ2n) is 8.51. The minimum Gasteiger partial charge on any atom is -1.00 e. The van der Waals surface area contributed by atoms with E-state index < -0.39 is 6.10 Å². The maximum Gasteiger partial charge on any atom is 0.335 e. The van der Waals surface area contributed by atoms with E-state index in [4.69, 9.17) is 14.2 Å². The summed E-state index contributed by atoms with van der Waals surface area (Å²) in [6.07, 6.45) is 3.73. The molecule has 3 rings (SSSR count). The van der Waals surface area contributed by atoms with Crippen LogP contribution in [-0.2, 0) is 25.5 Å². The summed E-state index contributed by atoms with van der Waals surface area (Å²) in [5, 5.41) is 0. The highest BCUT2D eigenvalue weighted by molar-refractivity contribution is 5.74. The molecule has 0 aliphatic carbocycles. The molecule has 3 aromatic rings. The number of benzene rings is 2. The lowest BCUT2D eigenvalue weighted by Gasteiger charge is -2.25. The molecule has 0 aliphatic rings. The molecule has 0 aliphatic heterocycles. The Bertz CT molecular complexity index is 991. The first-order chi connectivity index (χ1) is 16.0. The Labute approximate surface area is 213 Å². The predicted octanol–water partition coefficient (Wildman–Crippen LogP) is 1.99. The number of carbonyl (C=O) groups is 1. The van der Waals surface area contributed by atoms with Crippen LogP contribution in [0.5, 0.6) is 0 Å². The van der Waals surface area contributed by atoms with Crippen LogP contribution in [-0.4, -0.2) is 32.9 Å². The first-order valence-electron chi connectivity index (χ1n) is 11.4. The number of methoxy groups -OCH3 is 2. The van der Waals surface area contributed by atoms with Gasteiger partial charge in [0.25, 0.3) is 0 Å². The maximum absolute atomic E-state index is 12.4. The van der Waals surface area contributed by atoms with E-state index in [2.05, 4.69) is 67.2 Å². The quantitative estimate of drug-likeness (QED) is 0.282. The first kappa shape index (κ1) is 27.7. The summed E-state index contributed by atoms with van der Waals surface area (Å²) < 4.78 is 18.7. The zero-order valence-electron chi connectivity index (χ0n) is 20.3. The summed E-state index contributed by atoms with van der Waals surface area (Å²) in [5.74, 6) is -0.0371. The molecule has 0 saturated heterocycles. The van der Waals surface area contributed by atoms with Crippen molar-refractivity contribution in [3.8, 4) is 11.1 Å². The van der Waals surface area contributed by atoms with Crippen LogP contribution in [0.1, 0.15) is 37.5 Å². The summed E-state index contributed by atoms with van der Waals surface area (Å²) in [4.78, 5) is 12.4. The van der Waals surface area contributed by atoms with Crippen LogP contribution in [0, 0.1) is 5.92 Å². The maximum atomic E-state index is 12.4. The first-order valence-corrected chi connectivity index (χ1v) is 11.4. The van der Waals surface area contributed by atoms with Crippen molar-refractivity contribution in [3.63, 3.8) is 0 Å². The van der Waals surface area contributed by atoms with Gasteiger partial charge in [-0.05, 0) is 34.6 Å². The van der Waals surface area contributed by atoms with Crippen molar-refractivity contribution in [3.05, 3.63) is 90.3 Å². The molecule has 0 N–H and O–H groups in total. The third kappa shape index (κ3) is 7.76. The number of rotatable bonds is 11. The van der Waals surface area contributed by atoms with E-state index in [0.29, 0.717) is 18.9 Å². The normalized spacial score (nSPS) is 12.6. The van der Waals surface area contributed by atoms with E-state index in [-0.39, 0.29) is 29.1 Å². The fourth-order valence-corrected chi connectivity index (χ4v) is 3.75. The number of esters is 1. The van der Waals surface area contributed by atoms with Crippen LogP contribution in [0.25, 0.3) is 11.1 Å². The summed E-state index contributed by atoms with van der Waals surface area (Å²) >= 11 is 0. The van der Waals surface area contributed by atoms with Gasteiger partial charge >= 0.3 is 5.97 Å². The molecule has 2 aromatic carbocycles. The molecular weight excluding hydrogens is 494 g/mol. The number of hydrogen-bond acceptors (Lipinski definition) is 4. The second kappa shape index (κ2) is 14.0. The molecule has 182 valence electrons. The Balaban J connectivity index is 0.00000408. The average molecular weight is 528 g/mol. The average Bonchev–Trinajstić information content (AvgIpc) is 2.85. The largest absolute Gasteiger partial charge is 1.00 e. The third-order valence-electron chi connectivity index (χ3n) is 5.54. The molecule has 5 nitrogen and oxygen atoms in total. The molecule has 0 amide bonds. The highest BCUT2D eigenvalue weighted by Crippen LogP contribution is 2.31. The van der Waals surface area contributed by atoms with Gasteiger partial charge in [-0.15, -0.1) is 0 Å². The van der Waals surface area contributed by atoms with Gasteiger partial charge in [-0.2, -0.15) is 0 Å². The molecule has 0 bridgehead atoms. The summed E-state index contributed by atoms with van der Waals surface area (Å²) in [7, 11) is 3.11. The van der Waals surface area contributed by atoms with Gasteiger partial charge in [-0.3, -0.25) is 0 Å². The molecule has 0 spiro atoms. The Morgan fingerprint density at radius 3 is 2.00 bits per heavy atom. The van der Waals surface area contributed by atoms with E-state index in [0.717, 1.165) is 28.8 Å². The SMILES string of the molecule is COCC[n+]1ccc(-c2ccc([C@H](O[C@@H](CC(C)C)C(=O)OC)c3ccccc3)cc2)cc1.[Br-]. The second-order valence-corrected chi connectivity index (χ2v) is 8.51. The van der Waals surface area contributed by atoms with Crippen LogP contribution in [0.3, 0.4) is 0 Å². The van der Waals surface area contributed by atoms with E-state index in [1.54, 1.807) is 7.11 Å². The van der Waals surface area contributed by atoms with Gasteiger partial charge in [0.2, 0.25) is 0 Å². The zero-order valence-corrected chi connectivity index (χ0v) is 21.9. The van der Waals surface area contributed by atoms with Crippen LogP contribution >= 0.6 is 0 Å². The van der Waals surface area contributed by atoms with E-state index in [9.17, 15) is 4.79 Å². The van der Waals surface area contributed by atoms with Crippen LogP contribution < -0.4 is 21.5 Å². The molecular formula is C28H34BrNO4. The molecule has 1 aromatic heterocycles. The van der Waals surface area contributed by atoms with Crippen LogP contribution in [0.4, 0.5) is 0 Å². The van der Waals surface area contributed by atoms with Gasteiger partial charge in [-0.1, -0.05) is 68.4 Å². The van der Waals surface area contributed by atoms with Gasteiger partial charge in [0.15, 0.2) is 25.0 Å². The molecule has 34 heavy (non-hydrogen) atoms. The topological polar surface area (TPSA) is 48.6 Å². The minimum absolute atomic E-state index is 0. The number of aromatic nitrogens is 1. The van der Waals surface area contributed by atoms with Crippen LogP contribution in [0.15, 0.2) is 79.1 Å². The monoisotopic (exact) mass is 527 g/mol. The molecule has 0 saturated carbocycles. The van der Waals surface area contributed by atoms with Gasteiger partial charge < -0.3 is 31.2 Å². The Hall–Kier alpha value is -2.54. The van der Waals surface area contributed by atoms with E-state index >= 15 is 0 Å². The summed E-state index contributed by atoms with van der Waals surface area (Å²) in [6, 6.07) is 22.5. The van der Waals surface area contributed by atoms with Gasteiger partial charge in [0.05, 0.1) is 7.11 Å². The number of halogens is 1. The highest BCUT2D eigenvalue weighted by atomic mass is 79.9. The molecule has 0 radical (unpaired) electrons. The molecule has 1 heterocycles. The lowest BCUT2D eigenvalue weighted by molar-refractivity contribution is -0.698. The number of nitrogens with zero attached hydrogens (tertiary/aromatic N) is 1. The van der Waals surface area contributed by atoms with Gasteiger partial charge in [0, 0.05) is 19.2 Å². The fraction of sp³-hybridized carbons (Fsp3) is 0.357. The number of pyridine rings is 1. The lowest BCUT2D eigenvalue weighted by atomic mass is 9.97. The van der Waals surface area contributed by atoms with Gasteiger partial charge in [0.1, 0.15) is 12.7 Å². The predicted molar refractivity (Wildman–Crippen MR) is 129 cm³/mol. The van der Waals surface area contributed by atoms with Crippen molar-refractivity contribution in [2.75, 3.05) is 20.8 Å². The number of hydrogen-bond donors (Lipinski definition) is 0. The van der Waals surface area contributed by atoms with Crippen molar-refractivity contribution in [2.24, 2.45) is 5.92 Å². The fourth-order valence-electron chi connectivity index (χ4n) is 3.75. The summed E-state index contributed by atoms with van der Waals surface area (Å²) in [6.45, 7) is 5.65. The van der Waals surface area contributed by atoms with Gasteiger partial charge in [-0.25, -0.2) is 9.36 Å². The standard InChI is InChI=1S/C28H34NO4.BrH/c1-21(2)20-26(28(30)32-4)33-27(24-8-6-5-7-9-24)25-12-10-22(11-13-25)23-14-16-29(17-15-23)18-19-31-3;/h5-17,21,26-27H,18-20H2,1-4H3;1H/q+1;/p-1/t26-,27+;/m0./s1. The number of ether oxygens (including phenoxy) is 3. The van der Waals surface area contributed by atoms with Crippen molar-refractivity contribution >= 4 is 5.97 Å². The van der Waals surface area contributed by atoms with Crippen molar-refractivity contribution < 1.29 is 40.6 Å². The van der Waals surface area contributed by atoms with Crippen molar-refractivity contribution in [1.82, 2.24) is 0 Å². The Morgan fingerprint density at radius 2 is 1.44 bits per heavy atom. The van der Waals surface area contributed by atoms with Crippen LogP contribution in [0.2, 0.25) is 0 Å². The van der Waals surface area contributed by atoms with Crippen molar-refractivity contribution in [2.45, 2.75) is 39.0 Å². The van der Waals surface area contributed by atoms with E-state index in [1.165, 1.54) is 7.11 Å². The Morgan fingerprint density at radius 1 is 0.853 bits per heavy atom. The molecule has 0 fully saturated rings. The smallest absolute Gasteiger partial charge is 0.335 e. The molecule has 6 heteroatoms. The lowest BCUT2D eigenvalue weighted by Crippen LogP contribution is -3.00. The molecule has 2 atom stereocenters. The summed E-state index contributed by atoms with van der Waals surface area (Å²) in [5.41, 5.74) is 4.26. The number of carbonyl (C=O) groups excluding carboxylic acids is 1. The zero-order chi connectivity index (χ0) is 23.6.